The summed E-state index contributed by atoms with van der Waals surface area (Å²) < 4.78 is 8.79. The lowest BCUT2D eigenvalue weighted by Crippen LogP contribution is -2.22. The van der Waals surface area contributed by atoms with Crippen LogP contribution < -0.4 is 14.8 Å². The van der Waals surface area contributed by atoms with Crippen LogP contribution in [0.3, 0.4) is 0 Å². The molecule has 0 saturated carbocycles. The fourth-order valence-corrected chi connectivity index (χ4v) is 4.78. The van der Waals surface area contributed by atoms with Crippen LogP contribution in [0.15, 0.2) is 78.3 Å². The SMILES string of the molecule is COc1ncc2cc1NSc1cccc(c1)C(=O)NCc1cncc(c1)-c1c[nH]c3ncc-2cc13. The third kappa shape index (κ3) is 4.06. The average Bonchev–Trinajstić information content (AvgIpc) is 3.33. The zero-order valence-corrected chi connectivity index (χ0v) is 19.5. The van der Waals surface area contributed by atoms with Crippen molar-refractivity contribution in [3.63, 3.8) is 0 Å². The molecule has 5 heterocycles. The lowest BCUT2D eigenvalue weighted by molar-refractivity contribution is 0.0950. The molecule has 5 aromatic rings. The second-order valence-electron chi connectivity index (χ2n) is 8.10. The fraction of sp³-hybridized carbons (Fsp3) is 0.0769. The number of aromatic nitrogens is 4. The summed E-state index contributed by atoms with van der Waals surface area (Å²) in [5, 5.41) is 3.97. The van der Waals surface area contributed by atoms with Crippen molar-refractivity contribution in [2.75, 3.05) is 11.8 Å². The van der Waals surface area contributed by atoms with E-state index in [0.717, 1.165) is 49.4 Å². The van der Waals surface area contributed by atoms with Crippen LogP contribution in [0.5, 0.6) is 5.88 Å². The second-order valence-corrected chi connectivity index (χ2v) is 8.98. The summed E-state index contributed by atoms with van der Waals surface area (Å²) in [5.74, 6) is 0.324. The van der Waals surface area contributed by atoms with Gasteiger partial charge in [0.1, 0.15) is 11.3 Å². The summed E-state index contributed by atoms with van der Waals surface area (Å²) in [5.41, 5.74) is 6.75. The third-order valence-electron chi connectivity index (χ3n) is 5.84. The van der Waals surface area contributed by atoms with Crippen LogP contribution in [0.4, 0.5) is 5.69 Å². The third-order valence-corrected chi connectivity index (χ3v) is 6.65. The second kappa shape index (κ2) is 8.77. The molecule has 8 nitrogen and oxygen atoms in total. The Balaban J connectivity index is 1.52. The van der Waals surface area contributed by atoms with E-state index in [4.69, 9.17) is 4.74 Å². The van der Waals surface area contributed by atoms with Gasteiger partial charge in [-0.15, -0.1) is 0 Å². The van der Waals surface area contributed by atoms with Gasteiger partial charge in [-0.05, 0) is 53.9 Å². The number of rotatable bonds is 1. The molecule has 1 aliphatic heterocycles. The molecule has 9 heteroatoms. The highest BCUT2D eigenvalue weighted by Gasteiger charge is 2.14. The normalized spacial score (nSPS) is 13.0. The van der Waals surface area contributed by atoms with Gasteiger partial charge in [0, 0.05) is 75.6 Å². The van der Waals surface area contributed by atoms with Crippen molar-refractivity contribution in [1.82, 2.24) is 25.3 Å². The maximum atomic E-state index is 12.8. The number of nitrogens with one attached hydrogen (secondary N) is 3. The number of pyridine rings is 3. The first-order valence-corrected chi connectivity index (χ1v) is 11.8. The number of hydrogen-bond donors (Lipinski definition) is 3. The Hall–Kier alpha value is -4.37. The van der Waals surface area contributed by atoms with E-state index in [2.05, 4.69) is 36.0 Å². The number of methoxy groups -OCH3 is 1. The highest BCUT2D eigenvalue weighted by Crippen LogP contribution is 2.35. The molecule has 0 fully saturated rings. The van der Waals surface area contributed by atoms with Crippen molar-refractivity contribution < 1.29 is 9.53 Å². The Morgan fingerprint density at radius 2 is 1.83 bits per heavy atom. The summed E-state index contributed by atoms with van der Waals surface area (Å²) >= 11 is 1.38. The Morgan fingerprint density at radius 1 is 0.943 bits per heavy atom. The topological polar surface area (TPSA) is 105 Å². The van der Waals surface area contributed by atoms with Crippen LogP contribution in [0, 0.1) is 0 Å². The first-order valence-electron chi connectivity index (χ1n) is 10.9. The van der Waals surface area contributed by atoms with E-state index in [1.54, 1.807) is 25.6 Å². The Labute approximate surface area is 205 Å². The molecular weight excluding hydrogens is 460 g/mol. The van der Waals surface area contributed by atoms with Crippen LogP contribution in [0.1, 0.15) is 15.9 Å². The lowest BCUT2D eigenvalue weighted by Gasteiger charge is -2.13. The van der Waals surface area contributed by atoms with Crippen LogP contribution >= 0.6 is 11.9 Å². The van der Waals surface area contributed by atoms with Crippen molar-refractivity contribution >= 4 is 34.6 Å². The molecule has 35 heavy (non-hydrogen) atoms. The van der Waals surface area contributed by atoms with Gasteiger partial charge in [0.15, 0.2) is 0 Å². The monoisotopic (exact) mass is 480 g/mol. The Kier molecular flexibility index (Phi) is 5.31. The molecule has 1 aliphatic rings. The number of anilines is 1. The standard InChI is InChI=1S/C26H20N6O2S/c1-34-26-23-8-18(13-31-26)17-7-21-22(14-29-24(21)28-12-17)19-5-15(9-27-11-19)10-30-25(33)16-3-2-4-20(6-16)35-32-23/h2-9,11-14,32H,10H2,1H3,(H,28,29)(H,30,33). The number of amides is 1. The van der Waals surface area contributed by atoms with Crippen molar-refractivity contribution in [3.05, 3.63) is 84.6 Å². The molecule has 0 atom stereocenters. The summed E-state index contributed by atoms with van der Waals surface area (Å²) in [6.45, 7) is 0.370. The maximum Gasteiger partial charge on any atom is 0.251 e. The molecular formula is C26H20N6O2S. The molecule has 1 amide bonds. The van der Waals surface area contributed by atoms with E-state index >= 15 is 0 Å². The van der Waals surface area contributed by atoms with Crippen molar-refractivity contribution in [3.8, 4) is 28.1 Å². The number of carbonyl (C=O) groups excluding carboxylic acids is 1. The van der Waals surface area contributed by atoms with Crippen molar-refractivity contribution in [1.29, 1.82) is 0 Å². The quantitative estimate of drug-likeness (QED) is 0.288. The highest BCUT2D eigenvalue weighted by atomic mass is 32.2. The Morgan fingerprint density at radius 3 is 2.74 bits per heavy atom. The van der Waals surface area contributed by atoms with Gasteiger partial charge in [0.2, 0.25) is 5.88 Å². The number of H-pyrrole nitrogens is 1. The molecule has 3 N–H and O–H groups in total. The molecule has 1 aromatic carbocycles. The summed E-state index contributed by atoms with van der Waals surface area (Å²) in [6.07, 6.45) is 9.11. The van der Waals surface area contributed by atoms with Crippen LogP contribution in [-0.2, 0) is 6.54 Å². The minimum Gasteiger partial charge on any atom is -0.480 e. The van der Waals surface area contributed by atoms with Gasteiger partial charge in [0.25, 0.3) is 5.91 Å². The van der Waals surface area contributed by atoms with Crippen LogP contribution in [-0.4, -0.2) is 33.0 Å². The molecule has 0 spiro atoms. The zero-order chi connectivity index (χ0) is 23.8. The van der Waals surface area contributed by atoms with Gasteiger partial charge < -0.3 is 19.8 Å². The van der Waals surface area contributed by atoms with E-state index in [1.807, 2.05) is 48.9 Å². The number of nitrogens with zero attached hydrogens (tertiary/aromatic N) is 3. The molecule has 0 saturated heterocycles. The fourth-order valence-electron chi connectivity index (χ4n) is 4.08. The molecule has 0 aliphatic carbocycles. The van der Waals surface area contributed by atoms with Gasteiger partial charge in [-0.1, -0.05) is 6.07 Å². The Bertz CT molecular complexity index is 1580. The molecule has 8 bridgehead atoms. The smallest absolute Gasteiger partial charge is 0.251 e. The zero-order valence-electron chi connectivity index (χ0n) is 18.7. The van der Waals surface area contributed by atoms with Gasteiger partial charge >= 0.3 is 0 Å². The highest BCUT2D eigenvalue weighted by molar-refractivity contribution is 8.00. The van der Waals surface area contributed by atoms with Gasteiger partial charge in [-0.2, -0.15) is 0 Å². The number of fused-ring (bicyclic) bond motifs is 9. The molecule has 172 valence electrons. The molecule has 0 radical (unpaired) electrons. The van der Waals surface area contributed by atoms with Crippen molar-refractivity contribution in [2.24, 2.45) is 0 Å². The minimum atomic E-state index is -0.152. The predicted molar refractivity (Wildman–Crippen MR) is 136 cm³/mol. The largest absolute Gasteiger partial charge is 0.480 e. The number of benzene rings is 1. The summed E-state index contributed by atoms with van der Waals surface area (Å²) in [6, 6.07) is 13.6. The van der Waals surface area contributed by atoms with E-state index in [0.29, 0.717) is 18.0 Å². The lowest BCUT2D eigenvalue weighted by atomic mass is 10.0. The van der Waals surface area contributed by atoms with Crippen molar-refractivity contribution in [2.45, 2.75) is 11.4 Å². The van der Waals surface area contributed by atoms with E-state index in [-0.39, 0.29) is 5.91 Å². The number of carbonyl (C=O) groups is 1. The number of aromatic amines is 1. The maximum absolute atomic E-state index is 12.8. The molecule has 0 unspecified atom stereocenters. The van der Waals surface area contributed by atoms with E-state index < -0.39 is 0 Å². The average molecular weight is 481 g/mol. The molecule has 4 aromatic heterocycles. The number of hydrogen-bond acceptors (Lipinski definition) is 7. The first-order chi connectivity index (χ1) is 17.2. The minimum absolute atomic E-state index is 0.152. The van der Waals surface area contributed by atoms with Crippen LogP contribution in [0.2, 0.25) is 0 Å². The van der Waals surface area contributed by atoms with Crippen LogP contribution in [0.25, 0.3) is 33.3 Å². The predicted octanol–water partition coefficient (Wildman–Crippen LogP) is 5.06. The van der Waals surface area contributed by atoms with E-state index in [1.165, 1.54) is 11.9 Å². The summed E-state index contributed by atoms with van der Waals surface area (Å²) in [4.78, 5) is 30.5. The van der Waals surface area contributed by atoms with Gasteiger partial charge in [-0.25, -0.2) is 9.97 Å². The number of ether oxygens (including phenoxy) is 1. The van der Waals surface area contributed by atoms with Gasteiger partial charge in [0.05, 0.1) is 7.11 Å². The summed E-state index contributed by atoms with van der Waals surface area (Å²) in [7, 11) is 1.59. The molecule has 6 rings (SSSR count). The van der Waals surface area contributed by atoms with Gasteiger partial charge in [-0.3, -0.25) is 9.78 Å². The first kappa shape index (κ1) is 21.2. The van der Waals surface area contributed by atoms with E-state index in [9.17, 15) is 4.79 Å².